The number of nitrogens with one attached hydrogen (secondary N) is 2. The number of rotatable bonds is 4. The first-order valence-corrected chi connectivity index (χ1v) is 7.71. The predicted octanol–water partition coefficient (Wildman–Crippen LogP) is 3.13. The molecule has 0 atom stereocenters. The maximum atomic E-state index is 11.9. The average Bonchev–Trinajstić information content (AvgIpc) is 2.55. The van der Waals surface area contributed by atoms with Gasteiger partial charge in [0.05, 0.1) is 0 Å². The fourth-order valence-electron chi connectivity index (χ4n) is 2.46. The highest BCUT2D eigenvalue weighted by Gasteiger charge is 2.11. The van der Waals surface area contributed by atoms with Crippen molar-refractivity contribution in [2.75, 3.05) is 25.1 Å². The highest BCUT2D eigenvalue weighted by molar-refractivity contribution is 5.89. The van der Waals surface area contributed by atoms with E-state index in [1.54, 1.807) is 0 Å². The van der Waals surface area contributed by atoms with Crippen molar-refractivity contribution < 1.29 is 14.3 Å². The summed E-state index contributed by atoms with van der Waals surface area (Å²) in [7, 11) is 0. The molecule has 0 spiro atoms. The molecular weight excluding hydrogens is 292 g/mol. The highest BCUT2D eigenvalue weighted by atomic mass is 16.6. The van der Waals surface area contributed by atoms with Gasteiger partial charge < -0.3 is 20.1 Å². The summed E-state index contributed by atoms with van der Waals surface area (Å²) in [6.45, 7) is 3.71. The second kappa shape index (κ2) is 7.05. The van der Waals surface area contributed by atoms with Gasteiger partial charge in [-0.2, -0.15) is 0 Å². The quantitative estimate of drug-likeness (QED) is 0.912. The molecule has 0 unspecified atom stereocenters. The summed E-state index contributed by atoms with van der Waals surface area (Å²) < 4.78 is 11.0. The molecule has 0 radical (unpaired) electrons. The molecule has 1 aliphatic heterocycles. The Balaban J connectivity index is 1.48. The summed E-state index contributed by atoms with van der Waals surface area (Å²) in [6.07, 6.45) is 0.734. The van der Waals surface area contributed by atoms with Crippen LogP contribution in [0.1, 0.15) is 11.1 Å². The van der Waals surface area contributed by atoms with Crippen molar-refractivity contribution in [1.82, 2.24) is 5.32 Å². The zero-order valence-electron chi connectivity index (χ0n) is 13.1. The zero-order chi connectivity index (χ0) is 16.1. The van der Waals surface area contributed by atoms with Gasteiger partial charge in [0, 0.05) is 12.2 Å². The van der Waals surface area contributed by atoms with E-state index in [4.69, 9.17) is 9.47 Å². The molecule has 0 fully saturated rings. The molecule has 0 bridgehead atoms. The molecular formula is C18H20N2O3. The first-order valence-electron chi connectivity index (χ1n) is 7.71. The Morgan fingerprint density at radius 2 is 1.91 bits per heavy atom. The Morgan fingerprint density at radius 3 is 2.74 bits per heavy atom. The molecule has 1 heterocycles. The zero-order valence-corrected chi connectivity index (χ0v) is 13.1. The summed E-state index contributed by atoms with van der Waals surface area (Å²) in [4.78, 5) is 11.9. The number of anilines is 1. The van der Waals surface area contributed by atoms with Gasteiger partial charge in [-0.1, -0.05) is 18.2 Å². The van der Waals surface area contributed by atoms with Gasteiger partial charge in [-0.15, -0.1) is 0 Å². The topological polar surface area (TPSA) is 59.6 Å². The lowest BCUT2D eigenvalue weighted by molar-refractivity contribution is 0.171. The van der Waals surface area contributed by atoms with E-state index in [-0.39, 0.29) is 6.03 Å². The molecule has 1 aliphatic rings. The van der Waals surface area contributed by atoms with Crippen LogP contribution in [0.3, 0.4) is 0 Å². The van der Waals surface area contributed by atoms with Gasteiger partial charge in [0.2, 0.25) is 0 Å². The minimum absolute atomic E-state index is 0.201. The predicted molar refractivity (Wildman–Crippen MR) is 89.3 cm³/mol. The van der Waals surface area contributed by atoms with Gasteiger partial charge in [-0.05, 0) is 48.7 Å². The van der Waals surface area contributed by atoms with Crippen LogP contribution in [0.2, 0.25) is 0 Å². The SMILES string of the molecule is Cc1cccc(NC(=O)NCCc2ccc3c(c2)OCCO3)c1. The number of amides is 2. The van der Waals surface area contributed by atoms with Crippen LogP contribution in [-0.2, 0) is 6.42 Å². The smallest absolute Gasteiger partial charge is 0.319 e. The van der Waals surface area contributed by atoms with Gasteiger partial charge in [0.1, 0.15) is 13.2 Å². The third-order valence-corrected chi connectivity index (χ3v) is 3.58. The van der Waals surface area contributed by atoms with Crippen molar-refractivity contribution >= 4 is 11.7 Å². The number of ether oxygens (including phenoxy) is 2. The van der Waals surface area contributed by atoms with Gasteiger partial charge >= 0.3 is 6.03 Å². The third-order valence-electron chi connectivity index (χ3n) is 3.58. The first-order chi connectivity index (χ1) is 11.2. The number of urea groups is 1. The standard InChI is InChI=1S/C18H20N2O3/c1-13-3-2-4-15(11-13)20-18(21)19-8-7-14-5-6-16-17(12-14)23-10-9-22-16/h2-6,11-12H,7-10H2,1H3,(H2,19,20,21). The molecule has 2 aromatic carbocycles. The summed E-state index contributed by atoms with van der Waals surface area (Å²) in [6, 6.07) is 13.4. The fraction of sp³-hybridized carbons (Fsp3) is 0.278. The Hall–Kier alpha value is -2.69. The van der Waals surface area contributed by atoms with E-state index in [1.165, 1.54) is 0 Å². The van der Waals surface area contributed by atoms with E-state index < -0.39 is 0 Å². The van der Waals surface area contributed by atoms with Crippen LogP contribution in [0.15, 0.2) is 42.5 Å². The van der Waals surface area contributed by atoms with Crippen LogP contribution in [0.4, 0.5) is 10.5 Å². The van der Waals surface area contributed by atoms with E-state index in [0.29, 0.717) is 19.8 Å². The Labute approximate surface area is 135 Å². The van der Waals surface area contributed by atoms with Crippen molar-refractivity contribution in [3.8, 4) is 11.5 Å². The summed E-state index contributed by atoms with van der Waals surface area (Å²) >= 11 is 0. The van der Waals surface area contributed by atoms with E-state index in [9.17, 15) is 4.79 Å². The maximum Gasteiger partial charge on any atom is 0.319 e. The van der Waals surface area contributed by atoms with Crippen molar-refractivity contribution in [3.63, 3.8) is 0 Å². The van der Waals surface area contributed by atoms with Crippen molar-refractivity contribution in [2.45, 2.75) is 13.3 Å². The second-order valence-electron chi connectivity index (χ2n) is 5.48. The number of carbonyl (C=O) groups excluding carboxylic acids is 1. The molecule has 5 nitrogen and oxygen atoms in total. The van der Waals surface area contributed by atoms with E-state index in [0.717, 1.165) is 34.7 Å². The van der Waals surface area contributed by atoms with Crippen LogP contribution in [0.25, 0.3) is 0 Å². The molecule has 0 saturated carbocycles. The van der Waals surface area contributed by atoms with E-state index in [1.807, 2.05) is 49.4 Å². The average molecular weight is 312 g/mol. The fourth-order valence-corrected chi connectivity index (χ4v) is 2.46. The number of carbonyl (C=O) groups is 1. The molecule has 3 rings (SSSR count). The van der Waals surface area contributed by atoms with E-state index >= 15 is 0 Å². The van der Waals surface area contributed by atoms with Crippen molar-refractivity contribution in [1.29, 1.82) is 0 Å². The molecule has 23 heavy (non-hydrogen) atoms. The van der Waals surface area contributed by atoms with Crippen molar-refractivity contribution in [2.24, 2.45) is 0 Å². The largest absolute Gasteiger partial charge is 0.486 e. The Kier molecular flexibility index (Phi) is 4.66. The number of aryl methyl sites for hydroxylation is 1. The molecule has 2 aromatic rings. The molecule has 0 saturated heterocycles. The Morgan fingerprint density at radius 1 is 1.09 bits per heavy atom. The first kappa shape index (κ1) is 15.2. The van der Waals surface area contributed by atoms with Crippen LogP contribution < -0.4 is 20.1 Å². The highest BCUT2D eigenvalue weighted by Crippen LogP contribution is 2.30. The lowest BCUT2D eigenvalue weighted by Gasteiger charge is -2.18. The normalized spacial score (nSPS) is 12.6. The van der Waals surface area contributed by atoms with Gasteiger partial charge in [0.25, 0.3) is 0 Å². The number of hydrogen-bond acceptors (Lipinski definition) is 3. The lowest BCUT2D eigenvalue weighted by atomic mass is 10.1. The van der Waals surface area contributed by atoms with Gasteiger partial charge in [0.15, 0.2) is 11.5 Å². The molecule has 0 aliphatic carbocycles. The van der Waals surface area contributed by atoms with Crippen LogP contribution in [-0.4, -0.2) is 25.8 Å². The third kappa shape index (κ3) is 4.16. The lowest BCUT2D eigenvalue weighted by Crippen LogP contribution is -2.30. The molecule has 0 aromatic heterocycles. The van der Waals surface area contributed by atoms with Gasteiger partial charge in [-0.3, -0.25) is 0 Å². The number of hydrogen-bond donors (Lipinski definition) is 2. The minimum Gasteiger partial charge on any atom is -0.486 e. The molecule has 5 heteroatoms. The molecule has 2 N–H and O–H groups in total. The van der Waals surface area contributed by atoms with Crippen LogP contribution in [0, 0.1) is 6.92 Å². The molecule has 2 amide bonds. The second-order valence-corrected chi connectivity index (χ2v) is 5.48. The van der Waals surface area contributed by atoms with E-state index in [2.05, 4.69) is 10.6 Å². The summed E-state index contributed by atoms with van der Waals surface area (Å²) in [5.41, 5.74) is 3.01. The number of benzene rings is 2. The van der Waals surface area contributed by atoms with Crippen LogP contribution in [0.5, 0.6) is 11.5 Å². The molecule has 120 valence electrons. The summed E-state index contributed by atoms with van der Waals surface area (Å²) in [5.74, 6) is 1.56. The minimum atomic E-state index is -0.201. The summed E-state index contributed by atoms with van der Waals surface area (Å²) in [5, 5.41) is 5.68. The van der Waals surface area contributed by atoms with Gasteiger partial charge in [-0.25, -0.2) is 4.79 Å². The van der Waals surface area contributed by atoms with Crippen molar-refractivity contribution in [3.05, 3.63) is 53.6 Å². The Bertz CT molecular complexity index is 700. The maximum absolute atomic E-state index is 11.9. The van der Waals surface area contributed by atoms with Crippen LogP contribution >= 0.6 is 0 Å². The number of fused-ring (bicyclic) bond motifs is 1. The monoisotopic (exact) mass is 312 g/mol.